The van der Waals surface area contributed by atoms with Crippen molar-refractivity contribution in [3.05, 3.63) is 15.0 Å². The van der Waals surface area contributed by atoms with Crippen LogP contribution in [-0.2, 0) is 4.74 Å². The summed E-state index contributed by atoms with van der Waals surface area (Å²) in [6, 6.07) is 0. The van der Waals surface area contributed by atoms with Crippen molar-refractivity contribution in [2.24, 2.45) is 5.92 Å². The first-order chi connectivity index (χ1) is 8.72. The zero-order valence-corrected chi connectivity index (χ0v) is 12.4. The van der Waals surface area contributed by atoms with Crippen molar-refractivity contribution < 1.29 is 9.53 Å². The van der Waals surface area contributed by atoms with E-state index in [0.717, 1.165) is 23.4 Å². The number of halogens is 1. The van der Waals surface area contributed by atoms with Gasteiger partial charge in [-0.2, -0.15) is 0 Å². The molecule has 0 radical (unpaired) electrons. The van der Waals surface area contributed by atoms with E-state index in [0.29, 0.717) is 11.6 Å². The molecular formula is C13H19BrN2O2S. The first kappa shape index (κ1) is 14.9. The van der Waals surface area contributed by atoms with E-state index < -0.39 is 0 Å². The maximum absolute atomic E-state index is 12.0. The molecule has 1 aromatic heterocycles. The number of piperidine rings is 2. The first-order valence-electron chi connectivity index (χ1n) is 6.27. The summed E-state index contributed by atoms with van der Waals surface area (Å²) >= 11 is 4.67. The summed E-state index contributed by atoms with van der Waals surface area (Å²) in [5.74, 6) is 0.236. The lowest BCUT2D eigenvalue weighted by Gasteiger charge is -2.41. The third-order valence-electron chi connectivity index (χ3n) is 3.74. The molecule has 2 aliphatic heterocycles. The number of ether oxygens (including phenoxy) is 1. The number of carbonyl (C=O) groups excluding carboxylic acids is 1. The quantitative estimate of drug-likeness (QED) is 0.771. The third-order valence-corrected chi connectivity index (χ3v) is 5.11. The van der Waals surface area contributed by atoms with Crippen LogP contribution in [0.4, 0.5) is 0 Å². The van der Waals surface area contributed by atoms with Crippen molar-refractivity contribution in [2.75, 3.05) is 19.6 Å². The van der Waals surface area contributed by atoms with E-state index in [1.165, 1.54) is 30.7 Å². The Labute approximate surface area is 126 Å². The normalized spacial score (nSPS) is 29.4. The summed E-state index contributed by atoms with van der Waals surface area (Å²) in [4.78, 5) is 18.6. The number of aromatic nitrogens is 1. The molecule has 1 aromatic rings. The van der Waals surface area contributed by atoms with Gasteiger partial charge in [-0.05, 0) is 41.7 Å². The second-order valence-electron chi connectivity index (χ2n) is 4.92. The molecule has 0 aliphatic carbocycles. The molecule has 2 saturated heterocycles. The second-order valence-corrected chi connectivity index (χ2v) is 7.06. The molecule has 0 saturated carbocycles. The number of carbonyl (C=O) groups is 1. The van der Waals surface area contributed by atoms with Gasteiger partial charge in [0.1, 0.15) is 6.10 Å². The van der Waals surface area contributed by atoms with Gasteiger partial charge in [-0.15, -0.1) is 11.3 Å². The zero-order chi connectivity index (χ0) is 12.5. The number of rotatable bonds is 2. The topological polar surface area (TPSA) is 42.4 Å². The Morgan fingerprint density at radius 1 is 1.47 bits per heavy atom. The van der Waals surface area contributed by atoms with Crippen LogP contribution in [0.1, 0.15) is 37.2 Å². The van der Waals surface area contributed by atoms with Gasteiger partial charge in [-0.3, -0.25) is 0 Å². The molecule has 0 N–H and O–H groups in total. The molecule has 0 aromatic carbocycles. The Morgan fingerprint density at radius 2 is 2.32 bits per heavy atom. The third kappa shape index (κ3) is 3.35. The van der Waals surface area contributed by atoms with E-state index in [1.54, 1.807) is 5.38 Å². The molecule has 2 bridgehead atoms. The van der Waals surface area contributed by atoms with Crippen molar-refractivity contribution in [1.29, 1.82) is 0 Å². The molecule has 2 aliphatic rings. The van der Waals surface area contributed by atoms with Crippen LogP contribution in [-0.4, -0.2) is 41.6 Å². The highest BCUT2D eigenvalue weighted by atomic mass is 79.9. The number of hydrogen-bond acceptors (Lipinski definition) is 5. The highest BCUT2D eigenvalue weighted by Gasteiger charge is 2.34. The minimum atomic E-state index is -0.277. The van der Waals surface area contributed by atoms with Crippen LogP contribution in [0.3, 0.4) is 0 Å². The Balaban J connectivity index is 0.00000133. The average molecular weight is 347 g/mol. The molecule has 2 fully saturated rings. The standard InChI is InChI=1S/C12H15BrN2O2S.CH4/c13-12-14-9(7-18-12)11(16)17-10-3-5-15-4-1-2-8(10)6-15;/h7-8,10H,1-6H2;1H4. The van der Waals surface area contributed by atoms with Crippen molar-refractivity contribution in [2.45, 2.75) is 32.8 Å². The number of esters is 1. The van der Waals surface area contributed by atoms with Gasteiger partial charge in [0.15, 0.2) is 9.61 Å². The Kier molecular flexibility index (Phi) is 4.97. The van der Waals surface area contributed by atoms with E-state index in [2.05, 4.69) is 25.8 Å². The minimum Gasteiger partial charge on any atom is -0.457 e. The zero-order valence-electron chi connectivity index (χ0n) is 9.97. The van der Waals surface area contributed by atoms with Crippen LogP contribution >= 0.6 is 27.3 Å². The van der Waals surface area contributed by atoms with Gasteiger partial charge < -0.3 is 9.64 Å². The molecule has 0 amide bonds. The Hall–Kier alpha value is -0.460. The molecule has 0 spiro atoms. The fourth-order valence-electron chi connectivity index (χ4n) is 2.84. The average Bonchev–Trinajstić information content (AvgIpc) is 2.80. The molecular weight excluding hydrogens is 328 g/mol. The van der Waals surface area contributed by atoms with E-state index in [9.17, 15) is 4.79 Å². The summed E-state index contributed by atoms with van der Waals surface area (Å²) in [5, 5.41) is 1.74. The molecule has 19 heavy (non-hydrogen) atoms. The monoisotopic (exact) mass is 346 g/mol. The van der Waals surface area contributed by atoms with Crippen LogP contribution in [0.2, 0.25) is 0 Å². The smallest absolute Gasteiger partial charge is 0.358 e. The fraction of sp³-hybridized carbons (Fsp3) is 0.692. The van der Waals surface area contributed by atoms with Crippen LogP contribution in [0, 0.1) is 5.92 Å². The van der Waals surface area contributed by atoms with Crippen molar-refractivity contribution in [3.63, 3.8) is 0 Å². The van der Waals surface area contributed by atoms with Crippen LogP contribution in [0.15, 0.2) is 9.30 Å². The van der Waals surface area contributed by atoms with E-state index in [1.807, 2.05) is 0 Å². The molecule has 4 nitrogen and oxygen atoms in total. The van der Waals surface area contributed by atoms with Gasteiger partial charge in [0, 0.05) is 24.4 Å². The lowest BCUT2D eigenvalue weighted by atomic mass is 9.87. The van der Waals surface area contributed by atoms with E-state index >= 15 is 0 Å². The molecule has 3 rings (SSSR count). The predicted molar refractivity (Wildman–Crippen MR) is 79.5 cm³/mol. The van der Waals surface area contributed by atoms with Gasteiger partial charge in [-0.25, -0.2) is 9.78 Å². The lowest BCUT2D eigenvalue weighted by molar-refractivity contribution is -0.0296. The van der Waals surface area contributed by atoms with Crippen LogP contribution in [0.25, 0.3) is 0 Å². The summed E-state index contributed by atoms with van der Waals surface area (Å²) in [6.45, 7) is 3.34. The SMILES string of the molecule is C.O=C(OC1CCN2CCCC1C2)c1csc(Br)n1. The highest BCUT2D eigenvalue weighted by molar-refractivity contribution is 9.11. The summed E-state index contributed by atoms with van der Waals surface area (Å²) in [5.41, 5.74) is 0.421. The second kappa shape index (κ2) is 6.33. The van der Waals surface area contributed by atoms with Gasteiger partial charge >= 0.3 is 5.97 Å². The van der Waals surface area contributed by atoms with E-state index in [4.69, 9.17) is 4.74 Å². The number of thiazole rings is 1. The largest absolute Gasteiger partial charge is 0.457 e. The summed E-state index contributed by atoms with van der Waals surface area (Å²) in [7, 11) is 0. The molecule has 106 valence electrons. The fourth-order valence-corrected chi connectivity index (χ4v) is 3.82. The maximum atomic E-state index is 12.0. The molecule has 3 atom stereocenters. The van der Waals surface area contributed by atoms with Crippen molar-refractivity contribution in [1.82, 2.24) is 9.88 Å². The number of nitrogens with zero attached hydrogens (tertiary/aromatic N) is 2. The van der Waals surface area contributed by atoms with Crippen LogP contribution in [0.5, 0.6) is 0 Å². The highest BCUT2D eigenvalue weighted by Crippen LogP contribution is 2.29. The Bertz CT molecular complexity index is 452. The van der Waals surface area contributed by atoms with Crippen LogP contribution < -0.4 is 0 Å². The summed E-state index contributed by atoms with van der Waals surface area (Å²) in [6.07, 6.45) is 3.44. The van der Waals surface area contributed by atoms with E-state index in [-0.39, 0.29) is 19.5 Å². The maximum Gasteiger partial charge on any atom is 0.358 e. The van der Waals surface area contributed by atoms with Gasteiger partial charge in [0.2, 0.25) is 0 Å². The molecule has 3 heterocycles. The molecule has 6 heteroatoms. The number of fused-ring (bicyclic) bond motifs is 2. The van der Waals surface area contributed by atoms with Gasteiger partial charge in [0.25, 0.3) is 0 Å². The number of hydrogen-bond donors (Lipinski definition) is 0. The first-order valence-corrected chi connectivity index (χ1v) is 7.94. The minimum absolute atomic E-state index is 0. The predicted octanol–water partition coefficient (Wildman–Crippen LogP) is 3.18. The summed E-state index contributed by atoms with van der Waals surface area (Å²) < 4.78 is 6.36. The Morgan fingerprint density at radius 3 is 3.05 bits per heavy atom. The lowest BCUT2D eigenvalue weighted by Crippen LogP contribution is -2.48. The van der Waals surface area contributed by atoms with Gasteiger partial charge in [0.05, 0.1) is 0 Å². The van der Waals surface area contributed by atoms with Gasteiger partial charge in [-0.1, -0.05) is 7.43 Å². The van der Waals surface area contributed by atoms with Crippen molar-refractivity contribution >= 4 is 33.2 Å². The molecule has 3 unspecified atom stereocenters. The van der Waals surface area contributed by atoms with Crippen molar-refractivity contribution in [3.8, 4) is 0 Å².